The summed E-state index contributed by atoms with van der Waals surface area (Å²) in [5.41, 5.74) is 1.64. The van der Waals surface area contributed by atoms with Crippen molar-refractivity contribution in [1.82, 2.24) is 4.90 Å². The number of rotatable bonds is 5. The highest BCUT2D eigenvalue weighted by Crippen LogP contribution is 2.31. The van der Waals surface area contributed by atoms with E-state index in [2.05, 4.69) is 0 Å². The number of ether oxygens (including phenoxy) is 3. The molecule has 1 fully saturated rings. The maximum atomic E-state index is 14.0. The van der Waals surface area contributed by atoms with Crippen molar-refractivity contribution in [3.63, 3.8) is 0 Å². The summed E-state index contributed by atoms with van der Waals surface area (Å²) in [6.07, 6.45) is 1.60. The van der Waals surface area contributed by atoms with Gasteiger partial charge in [-0.2, -0.15) is 0 Å². The summed E-state index contributed by atoms with van der Waals surface area (Å²) in [7, 11) is 0. The number of aryl methyl sites for hydroxylation is 1. The molecule has 1 saturated heterocycles. The fourth-order valence-electron chi connectivity index (χ4n) is 3.65. The second-order valence-electron chi connectivity index (χ2n) is 7.05. The lowest BCUT2D eigenvalue weighted by molar-refractivity contribution is -0.139. The van der Waals surface area contributed by atoms with E-state index in [-0.39, 0.29) is 11.7 Å². The molecule has 148 valence electrons. The third-order valence-corrected chi connectivity index (χ3v) is 5.13. The van der Waals surface area contributed by atoms with Crippen LogP contribution in [0.15, 0.2) is 42.5 Å². The lowest BCUT2D eigenvalue weighted by Gasteiger charge is -2.33. The van der Waals surface area contributed by atoms with Gasteiger partial charge >= 0.3 is 0 Å². The Balaban J connectivity index is 1.29. The monoisotopic (exact) mass is 385 g/mol. The van der Waals surface area contributed by atoms with Crippen LogP contribution in [0.2, 0.25) is 0 Å². The van der Waals surface area contributed by atoms with Crippen molar-refractivity contribution in [3.8, 4) is 11.5 Å². The van der Waals surface area contributed by atoms with Gasteiger partial charge in [-0.3, -0.25) is 4.79 Å². The summed E-state index contributed by atoms with van der Waals surface area (Å²) in [5, 5.41) is 0. The highest BCUT2D eigenvalue weighted by atomic mass is 19.1. The molecule has 0 saturated carbocycles. The van der Waals surface area contributed by atoms with Crippen molar-refractivity contribution in [2.45, 2.75) is 25.4 Å². The van der Waals surface area contributed by atoms with E-state index in [9.17, 15) is 9.18 Å². The number of benzene rings is 2. The summed E-state index contributed by atoms with van der Waals surface area (Å²) in [6.45, 7) is 2.51. The second-order valence-corrected chi connectivity index (χ2v) is 7.05. The third kappa shape index (κ3) is 4.28. The number of nitrogens with zero attached hydrogens (tertiary/aromatic N) is 1. The molecule has 5 nitrogen and oxygen atoms in total. The SMILES string of the molecule is O=C(CCCc1ccc2c(c1)OCCO2)N1CCOC(c2ccccc2F)C1. The van der Waals surface area contributed by atoms with Gasteiger partial charge in [0.1, 0.15) is 25.1 Å². The van der Waals surface area contributed by atoms with Gasteiger partial charge in [-0.05, 0) is 36.6 Å². The molecule has 2 aromatic rings. The molecule has 0 spiro atoms. The first-order valence-corrected chi connectivity index (χ1v) is 9.73. The zero-order valence-corrected chi connectivity index (χ0v) is 15.7. The van der Waals surface area contributed by atoms with Gasteiger partial charge in [-0.25, -0.2) is 4.39 Å². The first-order valence-electron chi connectivity index (χ1n) is 9.73. The van der Waals surface area contributed by atoms with Crippen molar-refractivity contribution in [2.75, 3.05) is 32.9 Å². The van der Waals surface area contributed by atoms with Crippen molar-refractivity contribution in [3.05, 3.63) is 59.4 Å². The van der Waals surface area contributed by atoms with Crippen LogP contribution in [0.1, 0.15) is 30.1 Å². The molecule has 2 aromatic carbocycles. The van der Waals surface area contributed by atoms with Gasteiger partial charge < -0.3 is 19.1 Å². The number of carbonyl (C=O) groups is 1. The molecule has 0 radical (unpaired) electrons. The van der Waals surface area contributed by atoms with Gasteiger partial charge in [0.25, 0.3) is 0 Å². The number of fused-ring (bicyclic) bond motifs is 1. The lowest BCUT2D eigenvalue weighted by atomic mass is 10.1. The second kappa shape index (κ2) is 8.61. The van der Waals surface area contributed by atoms with Crippen LogP contribution in [0, 0.1) is 5.82 Å². The average molecular weight is 385 g/mol. The largest absolute Gasteiger partial charge is 0.486 e. The predicted molar refractivity (Wildman–Crippen MR) is 102 cm³/mol. The maximum Gasteiger partial charge on any atom is 0.222 e. The Morgan fingerprint density at radius 1 is 1.07 bits per heavy atom. The van der Waals surface area contributed by atoms with Crippen molar-refractivity contribution in [2.24, 2.45) is 0 Å². The van der Waals surface area contributed by atoms with Gasteiger partial charge in [-0.15, -0.1) is 0 Å². The Morgan fingerprint density at radius 2 is 1.89 bits per heavy atom. The van der Waals surface area contributed by atoms with E-state index in [1.165, 1.54) is 6.07 Å². The third-order valence-electron chi connectivity index (χ3n) is 5.13. The first kappa shape index (κ1) is 18.7. The van der Waals surface area contributed by atoms with Crippen molar-refractivity contribution >= 4 is 5.91 Å². The molecule has 1 atom stereocenters. The molecule has 0 aliphatic carbocycles. The Morgan fingerprint density at radius 3 is 2.75 bits per heavy atom. The van der Waals surface area contributed by atoms with Crippen molar-refractivity contribution < 1.29 is 23.4 Å². The van der Waals surface area contributed by atoms with E-state index in [0.717, 1.165) is 29.9 Å². The molecule has 2 heterocycles. The number of carbonyl (C=O) groups excluding carboxylic acids is 1. The molecule has 2 aliphatic rings. The molecule has 28 heavy (non-hydrogen) atoms. The molecular weight excluding hydrogens is 361 g/mol. The summed E-state index contributed by atoms with van der Waals surface area (Å²) in [4.78, 5) is 14.4. The van der Waals surface area contributed by atoms with E-state index < -0.39 is 6.10 Å². The Hall–Kier alpha value is -2.60. The van der Waals surface area contributed by atoms with Gasteiger partial charge in [0.2, 0.25) is 5.91 Å². The molecular formula is C22H24FNO4. The minimum atomic E-state index is -0.406. The zero-order chi connectivity index (χ0) is 19.3. The molecule has 6 heteroatoms. The van der Waals surface area contributed by atoms with Gasteiger partial charge in [0, 0.05) is 18.5 Å². The summed E-state index contributed by atoms with van der Waals surface area (Å²) in [6, 6.07) is 12.5. The minimum absolute atomic E-state index is 0.0854. The summed E-state index contributed by atoms with van der Waals surface area (Å²) < 4.78 is 30.8. The number of hydrogen-bond acceptors (Lipinski definition) is 4. The zero-order valence-electron chi connectivity index (χ0n) is 15.7. The van der Waals surface area contributed by atoms with E-state index in [1.807, 2.05) is 18.2 Å². The first-order chi connectivity index (χ1) is 13.7. The van der Waals surface area contributed by atoms with E-state index in [4.69, 9.17) is 14.2 Å². The Kier molecular flexibility index (Phi) is 5.76. The highest BCUT2D eigenvalue weighted by molar-refractivity contribution is 5.76. The molecule has 2 aliphatic heterocycles. The average Bonchev–Trinajstić information content (AvgIpc) is 2.74. The van der Waals surface area contributed by atoms with Crippen LogP contribution in [0.4, 0.5) is 4.39 Å². The van der Waals surface area contributed by atoms with Crippen LogP contribution < -0.4 is 9.47 Å². The standard InChI is InChI=1S/C22H24FNO4/c23-18-6-2-1-5-17(18)21-15-24(10-11-26-21)22(25)7-3-4-16-8-9-19-20(14-16)28-13-12-27-19/h1-2,5-6,8-9,14,21H,3-4,7,10-13,15H2. The maximum absolute atomic E-state index is 14.0. The topological polar surface area (TPSA) is 48.0 Å². The van der Waals surface area contributed by atoms with E-state index in [1.54, 1.807) is 23.1 Å². The van der Waals surface area contributed by atoms with Crippen LogP contribution in [-0.4, -0.2) is 43.7 Å². The Labute approximate surface area is 164 Å². The van der Waals surface area contributed by atoms with Gasteiger partial charge in [-0.1, -0.05) is 24.3 Å². The van der Waals surface area contributed by atoms with Crippen LogP contribution in [0.3, 0.4) is 0 Å². The Bertz CT molecular complexity index is 841. The smallest absolute Gasteiger partial charge is 0.222 e. The van der Waals surface area contributed by atoms with Crippen molar-refractivity contribution in [1.29, 1.82) is 0 Å². The fraction of sp³-hybridized carbons (Fsp3) is 0.409. The number of hydrogen-bond donors (Lipinski definition) is 0. The van der Waals surface area contributed by atoms with Crippen LogP contribution in [-0.2, 0) is 16.0 Å². The number of amides is 1. The summed E-state index contributed by atoms with van der Waals surface area (Å²) >= 11 is 0. The lowest BCUT2D eigenvalue weighted by Crippen LogP contribution is -2.42. The molecule has 0 aromatic heterocycles. The van der Waals surface area contributed by atoms with Crippen LogP contribution >= 0.6 is 0 Å². The van der Waals surface area contributed by atoms with Crippen LogP contribution in [0.5, 0.6) is 11.5 Å². The highest BCUT2D eigenvalue weighted by Gasteiger charge is 2.26. The van der Waals surface area contributed by atoms with Gasteiger partial charge in [0.15, 0.2) is 11.5 Å². The van der Waals surface area contributed by atoms with E-state index in [0.29, 0.717) is 44.9 Å². The molecule has 0 N–H and O–H groups in total. The molecule has 0 bridgehead atoms. The number of halogens is 1. The molecule has 1 amide bonds. The quantitative estimate of drug-likeness (QED) is 0.790. The van der Waals surface area contributed by atoms with Crippen LogP contribution in [0.25, 0.3) is 0 Å². The minimum Gasteiger partial charge on any atom is -0.486 e. The predicted octanol–water partition coefficient (Wildman–Crippen LogP) is 3.52. The number of morpholine rings is 1. The normalized spacial score (nSPS) is 18.8. The van der Waals surface area contributed by atoms with Gasteiger partial charge in [0.05, 0.1) is 13.2 Å². The fourth-order valence-corrected chi connectivity index (χ4v) is 3.65. The molecule has 1 unspecified atom stereocenters. The summed E-state index contributed by atoms with van der Waals surface area (Å²) in [5.74, 6) is 1.34. The molecule has 4 rings (SSSR count). The van der Waals surface area contributed by atoms with E-state index >= 15 is 0 Å².